The Morgan fingerprint density at radius 2 is 1.88 bits per heavy atom. The molecular formula is C16H19N5O4. The smallest absolute Gasteiger partial charge is 0.331 e. The van der Waals surface area contributed by atoms with Gasteiger partial charge < -0.3 is 25.7 Å². The quantitative estimate of drug-likeness (QED) is 0.560. The third kappa shape index (κ3) is 5.34. The third-order valence-electron chi connectivity index (χ3n) is 2.96. The number of nitrogens with zero attached hydrogens (tertiary/aromatic N) is 3. The molecule has 0 aliphatic heterocycles. The first-order valence-electron chi connectivity index (χ1n) is 7.43. The molecule has 9 nitrogen and oxygen atoms in total. The van der Waals surface area contributed by atoms with Crippen LogP contribution in [0.25, 0.3) is 6.08 Å². The minimum absolute atomic E-state index is 0.0317. The van der Waals surface area contributed by atoms with Crippen molar-refractivity contribution in [2.45, 2.75) is 13.5 Å². The highest BCUT2D eigenvalue weighted by Crippen LogP contribution is 2.28. The van der Waals surface area contributed by atoms with Crippen LogP contribution in [0.15, 0.2) is 24.3 Å². The lowest BCUT2D eigenvalue weighted by Gasteiger charge is -2.09. The van der Waals surface area contributed by atoms with Gasteiger partial charge in [-0.25, -0.2) is 4.79 Å². The molecule has 1 aromatic carbocycles. The van der Waals surface area contributed by atoms with Crippen LogP contribution in [0.1, 0.15) is 18.3 Å². The van der Waals surface area contributed by atoms with E-state index in [1.54, 1.807) is 31.4 Å². The number of nitrogen functional groups attached to an aromatic ring is 2. The molecule has 0 unspecified atom stereocenters. The Kier molecular flexibility index (Phi) is 6.10. The minimum atomic E-state index is -0.564. The van der Waals surface area contributed by atoms with Gasteiger partial charge in [0.25, 0.3) is 0 Å². The minimum Gasteiger partial charge on any atom is -0.493 e. The first-order valence-corrected chi connectivity index (χ1v) is 7.43. The summed E-state index contributed by atoms with van der Waals surface area (Å²) in [7, 11) is 1.56. The molecule has 9 heteroatoms. The van der Waals surface area contributed by atoms with Gasteiger partial charge in [0.15, 0.2) is 23.9 Å². The summed E-state index contributed by atoms with van der Waals surface area (Å²) in [6.07, 6.45) is 2.88. The van der Waals surface area contributed by atoms with Crippen LogP contribution in [0.5, 0.6) is 11.5 Å². The molecule has 0 bridgehead atoms. The number of carbonyl (C=O) groups is 1. The van der Waals surface area contributed by atoms with Crippen LogP contribution in [-0.2, 0) is 16.1 Å². The van der Waals surface area contributed by atoms with Crippen LogP contribution in [0, 0.1) is 0 Å². The summed E-state index contributed by atoms with van der Waals surface area (Å²) in [5, 5.41) is 0. The number of carbonyl (C=O) groups excluding carboxylic acids is 1. The Morgan fingerprint density at radius 3 is 2.52 bits per heavy atom. The third-order valence-corrected chi connectivity index (χ3v) is 2.96. The summed E-state index contributed by atoms with van der Waals surface area (Å²) in [5.74, 6) is 0.760. The summed E-state index contributed by atoms with van der Waals surface area (Å²) < 4.78 is 15.7. The number of hydrogen-bond donors (Lipinski definition) is 2. The molecule has 2 aromatic rings. The van der Waals surface area contributed by atoms with E-state index in [0.29, 0.717) is 18.1 Å². The summed E-state index contributed by atoms with van der Waals surface area (Å²) in [4.78, 5) is 23.1. The number of benzene rings is 1. The lowest BCUT2D eigenvalue weighted by molar-refractivity contribution is -0.139. The van der Waals surface area contributed by atoms with Crippen molar-refractivity contribution in [1.82, 2.24) is 15.0 Å². The molecular weight excluding hydrogens is 326 g/mol. The first-order chi connectivity index (χ1) is 12.0. The Hall–Kier alpha value is -3.36. The van der Waals surface area contributed by atoms with Crippen molar-refractivity contribution < 1.29 is 19.0 Å². The standard InChI is InChI=1S/C16H19N5O4/c1-3-24-12-8-10(4-6-11(12)23-2)5-7-14(22)25-9-13-19-15(17)21-16(18)20-13/h4-8H,3,9H2,1-2H3,(H4,17,18,19,20,21)/b7-5+. The molecule has 0 spiro atoms. The van der Waals surface area contributed by atoms with E-state index < -0.39 is 5.97 Å². The van der Waals surface area contributed by atoms with E-state index >= 15 is 0 Å². The number of hydrogen-bond acceptors (Lipinski definition) is 9. The monoisotopic (exact) mass is 345 g/mol. The van der Waals surface area contributed by atoms with E-state index in [9.17, 15) is 4.79 Å². The average Bonchev–Trinajstić information content (AvgIpc) is 2.58. The van der Waals surface area contributed by atoms with E-state index in [4.69, 9.17) is 25.7 Å². The lowest BCUT2D eigenvalue weighted by Crippen LogP contribution is -2.09. The van der Waals surface area contributed by atoms with E-state index in [1.807, 2.05) is 6.92 Å². The molecule has 1 aromatic heterocycles. The van der Waals surface area contributed by atoms with E-state index in [2.05, 4.69) is 15.0 Å². The van der Waals surface area contributed by atoms with Crippen LogP contribution in [0.3, 0.4) is 0 Å². The van der Waals surface area contributed by atoms with Gasteiger partial charge in [-0.3, -0.25) is 0 Å². The van der Waals surface area contributed by atoms with Gasteiger partial charge in [-0.1, -0.05) is 6.07 Å². The number of nitrogens with two attached hydrogens (primary N) is 2. The average molecular weight is 345 g/mol. The predicted octanol–water partition coefficient (Wildman–Crippen LogP) is 1.20. The Labute approximate surface area is 144 Å². The fraction of sp³-hybridized carbons (Fsp3) is 0.250. The maximum absolute atomic E-state index is 11.8. The molecule has 4 N–H and O–H groups in total. The van der Waals surface area contributed by atoms with Gasteiger partial charge >= 0.3 is 5.97 Å². The number of methoxy groups -OCH3 is 1. The van der Waals surface area contributed by atoms with Crippen LogP contribution < -0.4 is 20.9 Å². The molecule has 2 rings (SSSR count). The second kappa shape index (κ2) is 8.48. The topological polar surface area (TPSA) is 135 Å². The normalized spacial score (nSPS) is 10.6. The van der Waals surface area contributed by atoms with Gasteiger partial charge in [-0.2, -0.15) is 15.0 Å². The zero-order valence-corrected chi connectivity index (χ0v) is 13.9. The van der Waals surface area contributed by atoms with Crippen molar-refractivity contribution in [2.75, 3.05) is 25.2 Å². The zero-order valence-electron chi connectivity index (χ0n) is 13.9. The van der Waals surface area contributed by atoms with Crippen molar-refractivity contribution in [2.24, 2.45) is 0 Å². The van der Waals surface area contributed by atoms with Gasteiger partial charge in [0.1, 0.15) is 0 Å². The number of aromatic nitrogens is 3. The molecule has 0 atom stereocenters. The molecule has 0 aliphatic rings. The Balaban J connectivity index is 1.98. The highest BCUT2D eigenvalue weighted by molar-refractivity contribution is 5.87. The van der Waals surface area contributed by atoms with Crippen LogP contribution >= 0.6 is 0 Å². The molecule has 0 fully saturated rings. The Bertz CT molecular complexity index is 759. The van der Waals surface area contributed by atoms with E-state index in [-0.39, 0.29) is 24.3 Å². The Morgan fingerprint density at radius 1 is 1.16 bits per heavy atom. The van der Waals surface area contributed by atoms with E-state index in [0.717, 1.165) is 5.56 Å². The SMILES string of the molecule is CCOc1cc(/C=C/C(=O)OCc2nc(N)nc(N)n2)ccc1OC. The second-order valence-electron chi connectivity index (χ2n) is 4.75. The van der Waals surface area contributed by atoms with Gasteiger partial charge in [0, 0.05) is 6.08 Å². The predicted molar refractivity (Wildman–Crippen MR) is 91.6 cm³/mol. The van der Waals surface area contributed by atoms with Crippen LogP contribution in [-0.4, -0.2) is 34.6 Å². The molecule has 0 saturated heterocycles. The number of anilines is 2. The van der Waals surface area contributed by atoms with Crippen molar-refractivity contribution in [3.63, 3.8) is 0 Å². The highest BCUT2D eigenvalue weighted by atomic mass is 16.5. The molecule has 132 valence electrons. The van der Waals surface area contributed by atoms with Crippen molar-refractivity contribution in [1.29, 1.82) is 0 Å². The fourth-order valence-electron chi connectivity index (χ4n) is 1.93. The van der Waals surface area contributed by atoms with Gasteiger partial charge in [0.05, 0.1) is 13.7 Å². The zero-order chi connectivity index (χ0) is 18.2. The molecule has 25 heavy (non-hydrogen) atoms. The molecule has 0 aliphatic carbocycles. The molecule has 1 heterocycles. The summed E-state index contributed by atoms with van der Waals surface area (Å²) in [5.41, 5.74) is 11.6. The van der Waals surface area contributed by atoms with Crippen LogP contribution in [0.2, 0.25) is 0 Å². The fourth-order valence-corrected chi connectivity index (χ4v) is 1.93. The maximum Gasteiger partial charge on any atom is 0.331 e. The van der Waals surface area contributed by atoms with Crippen molar-refractivity contribution >= 4 is 23.9 Å². The van der Waals surface area contributed by atoms with Gasteiger partial charge in [-0.15, -0.1) is 0 Å². The number of ether oxygens (including phenoxy) is 3. The summed E-state index contributed by atoms with van der Waals surface area (Å²) >= 11 is 0. The van der Waals surface area contributed by atoms with Gasteiger partial charge in [0.2, 0.25) is 11.9 Å². The molecule has 0 radical (unpaired) electrons. The van der Waals surface area contributed by atoms with Crippen LogP contribution in [0.4, 0.5) is 11.9 Å². The first kappa shape index (κ1) is 18.0. The molecule has 0 amide bonds. The summed E-state index contributed by atoms with van der Waals surface area (Å²) in [6, 6.07) is 5.31. The number of rotatable bonds is 7. The van der Waals surface area contributed by atoms with Crippen molar-refractivity contribution in [3.8, 4) is 11.5 Å². The van der Waals surface area contributed by atoms with E-state index in [1.165, 1.54) is 6.08 Å². The maximum atomic E-state index is 11.8. The largest absolute Gasteiger partial charge is 0.493 e. The number of esters is 1. The van der Waals surface area contributed by atoms with Gasteiger partial charge in [-0.05, 0) is 30.7 Å². The molecule has 0 saturated carbocycles. The second-order valence-corrected chi connectivity index (χ2v) is 4.75. The highest BCUT2D eigenvalue weighted by Gasteiger charge is 2.06. The van der Waals surface area contributed by atoms with Crippen molar-refractivity contribution in [3.05, 3.63) is 35.7 Å². The summed E-state index contributed by atoms with van der Waals surface area (Å²) in [6.45, 7) is 2.22. The lowest BCUT2D eigenvalue weighted by atomic mass is 10.2.